The van der Waals surface area contributed by atoms with Crippen LogP contribution in [0, 0.1) is 6.92 Å². The van der Waals surface area contributed by atoms with Gasteiger partial charge in [-0.1, -0.05) is 15.9 Å². The van der Waals surface area contributed by atoms with Gasteiger partial charge in [0.2, 0.25) is 0 Å². The summed E-state index contributed by atoms with van der Waals surface area (Å²) in [4.78, 5) is 5.01. The second kappa shape index (κ2) is 6.73. The fourth-order valence-corrected chi connectivity index (χ4v) is 3.30. The fraction of sp³-hybridized carbons (Fsp3) is 0.600. The van der Waals surface area contributed by atoms with E-state index in [9.17, 15) is 0 Å². The molecule has 0 bridgehead atoms. The molecule has 1 heterocycles. The predicted molar refractivity (Wildman–Crippen MR) is 86.1 cm³/mol. The lowest BCUT2D eigenvalue weighted by Crippen LogP contribution is -2.44. The molecule has 1 aliphatic rings. The molecule has 4 heteroatoms. The molecule has 0 aromatic heterocycles. The molecule has 0 aliphatic carbocycles. The van der Waals surface area contributed by atoms with Crippen LogP contribution in [0.15, 0.2) is 22.7 Å². The van der Waals surface area contributed by atoms with Gasteiger partial charge in [-0.25, -0.2) is 0 Å². The SMILES string of the molecule is CNCC1CN(c2ccc(Br)cc2C)CCCN1C. The standard InChI is InChI=1S/C15H24BrN3/c1-12-9-13(16)5-6-15(12)19-8-4-7-18(3)14(11-19)10-17-2/h5-6,9,14,17H,4,7-8,10-11H2,1-3H3. The minimum absolute atomic E-state index is 0.579. The van der Waals surface area contributed by atoms with E-state index in [1.54, 1.807) is 0 Å². The van der Waals surface area contributed by atoms with E-state index >= 15 is 0 Å². The number of hydrogen-bond donors (Lipinski definition) is 1. The van der Waals surface area contributed by atoms with Crippen LogP contribution in [0.3, 0.4) is 0 Å². The molecule has 19 heavy (non-hydrogen) atoms. The third-order valence-corrected chi connectivity index (χ3v) is 4.43. The summed E-state index contributed by atoms with van der Waals surface area (Å²) < 4.78 is 1.16. The minimum atomic E-state index is 0.579. The number of nitrogens with one attached hydrogen (secondary N) is 1. The Kier molecular flexibility index (Phi) is 5.25. The van der Waals surface area contributed by atoms with Crippen molar-refractivity contribution in [2.75, 3.05) is 45.2 Å². The van der Waals surface area contributed by atoms with Crippen molar-refractivity contribution in [2.24, 2.45) is 0 Å². The Morgan fingerprint density at radius 1 is 1.37 bits per heavy atom. The van der Waals surface area contributed by atoms with Crippen molar-refractivity contribution in [3.63, 3.8) is 0 Å². The zero-order chi connectivity index (χ0) is 13.8. The van der Waals surface area contributed by atoms with Crippen LogP contribution in [-0.2, 0) is 0 Å². The van der Waals surface area contributed by atoms with Crippen molar-refractivity contribution in [2.45, 2.75) is 19.4 Å². The quantitative estimate of drug-likeness (QED) is 0.921. The highest BCUT2D eigenvalue weighted by Crippen LogP contribution is 2.25. The van der Waals surface area contributed by atoms with Crippen LogP contribution in [-0.4, -0.2) is 51.2 Å². The van der Waals surface area contributed by atoms with Gasteiger partial charge in [-0.2, -0.15) is 0 Å². The second-order valence-corrected chi connectivity index (χ2v) is 6.34. The molecular formula is C15H24BrN3. The van der Waals surface area contributed by atoms with Gasteiger partial charge in [0.1, 0.15) is 0 Å². The van der Waals surface area contributed by atoms with Crippen molar-refractivity contribution in [3.05, 3.63) is 28.2 Å². The molecule has 1 atom stereocenters. The lowest BCUT2D eigenvalue weighted by Gasteiger charge is -2.31. The van der Waals surface area contributed by atoms with Gasteiger partial charge >= 0.3 is 0 Å². The Morgan fingerprint density at radius 3 is 2.84 bits per heavy atom. The second-order valence-electron chi connectivity index (χ2n) is 5.42. The lowest BCUT2D eigenvalue weighted by molar-refractivity contribution is 0.257. The first-order valence-corrected chi connectivity index (χ1v) is 7.77. The zero-order valence-corrected chi connectivity index (χ0v) is 13.7. The van der Waals surface area contributed by atoms with Crippen LogP contribution >= 0.6 is 15.9 Å². The van der Waals surface area contributed by atoms with Crippen LogP contribution in [0.1, 0.15) is 12.0 Å². The average molecular weight is 326 g/mol. The molecule has 1 unspecified atom stereocenters. The normalized spacial score (nSPS) is 21.5. The largest absolute Gasteiger partial charge is 0.370 e. The van der Waals surface area contributed by atoms with Gasteiger partial charge in [0.05, 0.1) is 0 Å². The number of anilines is 1. The minimum Gasteiger partial charge on any atom is -0.370 e. The van der Waals surface area contributed by atoms with Crippen molar-refractivity contribution in [1.82, 2.24) is 10.2 Å². The van der Waals surface area contributed by atoms with Crippen molar-refractivity contribution in [3.8, 4) is 0 Å². The first kappa shape index (κ1) is 14.8. The molecule has 1 N–H and O–H groups in total. The van der Waals surface area contributed by atoms with Gasteiger partial charge in [-0.15, -0.1) is 0 Å². The van der Waals surface area contributed by atoms with Crippen molar-refractivity contribution in [1.29, 1.82) is 0 Å². The van der Waals surface area contributed by atoms with E-state index in [4.69, 9.17) is 0 Å². The summed E-state index contributed by atoms with van der Waals surface area (Å²) in [5.74, 6) is 0. The van der Waals surface area contributed by atoms with E-state index in [0.717, 1.165) is 24.1 Å². The predicted octanol–water partition coefficient (Wildman–Crippen LogP) is 2.49. The number of hydrogen-bond acceptors (Lipinski definition) is 3. The third-order valence-electron chi connectivity index (χ3n) is 3.93. The number of rotatable bonds is 3. The molecule has 106 valence electrons. The summed E-state index contributed by atoms with van der Waals surface area (Å²) in [6.45, 7) is 6.66. The molecule has 0 radical (unpaired) electrons. The van der Waals surface area contributed by atoms with E-state index in [2.05, 4.69) is 63.2 Å². The van der Waals surface area contributed by atoms with Gasteiger partial charge < -0.3 is 15.1 Å². The van der Waals surface area contributed by atoms with E-state index in [-0.39, 0.29) is 0 Å². The summed E-state index contributed by atoms with van der Waals surface area (Å²) >= 11 is 3.55. The lowest BCUT2D eigenvalue weighted by atomic mass is 10.1. The first-order chi connectivity index (χ1) is 9.11. The first-order valence-electron chi connectivity index (χ1n) is 6.97. The number of aryl methyl sites for hydroxylation is 1. The molecule has 1 aromatic rings. The highest BCUT2D eigenvalue weighted by Gasteiger charge is 2.22. The highest BCUT2D eigenvalue weighted by atomic mass is 79.9. The average Bonchev–Trinajstić information content (AvgIpc) is 2.53. The Labute approximate surface area is 125 Å². The Morgan fingerprint density at radius 2 is 2.16 bits per heavy atom. The molecule has 0 saturated carbocycles. The fourth-order valence-electron chi connectivity index (χ4n) is 2.83. The summed E-state index contributed by atoms with van der Waals surface area (Å²) in [5.41, 5.74) is 2.72. The molecule has 2 rings (SSSR count). The van der Waals surface area contributed by atoms with E-state index in [1.165, 1.54) is 24.2 Å². The van der Waals surface area contributed by atoms with Crippen LogP contribution in [0.5, 0.6) is 0 Å². The van der Waals surface area contributed by atoms with Gasteiger partial charge in [-0.05, 0) is 57.7 Å². The molecule has 0 amide bonds. The van der Waals surface area contributed by atoms with Crippen LogP contribution < -0.4 is 10.2 Å². The molecule has 1 saturated heterocycles. The van der Waals surface area contributed by atoms with Crippen LogP contribution in [0.4, 0.5) is 5.69 Å². The summed E-state index contributed by atoms with van der Waals surface area (Å²) in [6.07, 6.45) is 1.23. The summed E-state index contributed by atoms with van der Waals surface area (Å²) in [7, 11) is 4.27. The van der Waals surface area contributed by atoms with E-state index in [0.29, 0.717) is 6.04 Å². The van der Waals surface area contributed by atoms with Crippen LogP contribution in [0.2, 0.25) is 0 Å². The number of likely N-dealkylation sites (N-methyl/N-ethyl adjacent to an activating group) is 2. The maximum Gasteiger partial charge on any atom is 0.0397 e. The molecular weight excluding hydrogens is 302 g/mol. The maximum atomic E-state index is 3.55. The molecule has 1 aromatic carbocycles. The van der Waals surface area contributed by atoms with Gasteiger partial charge in [0.15, 0.2) is 0 Å². The monoisotopic (exact) mass is 325 g/mol. The zero-order valence-electron chi connectivity index (χ0n) is 12.1. The van der Waals surface area contributed by atoms with Gasteiger partial charge in [0, 0.05) is 35.8 Å². The Bertz CT molecular complexity index is 422. The number of nitrogens with zero attached hydrogens (tertiary/aromatic N) is 2. The van der Waals surface area contributed by atoms with E-state index in [1.807, 2.05) is 7.05 Å². The van der Waals surface area contributed by atoms with Gasteiger partial charge in [0.25, 0.3) is 0 Å². The van der Waals surface area contributed by atoms with E-state index < -0.39 is 0 Å². The molecule has 1 fully saturated rings. The number of benzene rings is 1. The van der Waals surface area contributed by atoms with Crippen LogP contribution in [0.25, 0.3) is 0 Å². The summed E-state index contributed by atoms with van der Waals surface area (Å²) in [5, 5.41) is 3.32. The number of halogens is 1. The molecule has 1 aliphatic heterocycles. The third kappa shape index (κ3) is 3.71. The maximum absolute atomic E-state index is 3.55. The Hall–Kier alpha value is -0.580. The summed E-state index contributed by atoms with van der Waals surface area (Å²) in [6, 6.07) is 7.16. The van der Waals surface area contributed by atoms with Gasteiger partial charge in [-0.3, -0.25) is 0 Å². The smallest absolute Gasteiger partial charge is 0.0397 e. The topological polar surface area (TPSA) is 18.5 Å². The Balaban J connectivity index is 2.18. The molecule has 0 spiro atoms. The van der Waals surface area contributed by atoms with Crippen molar-refractivity contribution < 1.29 is 0 Å². The molecule has 3 nitrogen and oxygen atoms in total. The van der Waals surface area contributed by atoms with Crippen molar-refractivity contribution >= 4 is 21.6 Å². The highest BCUT2D eigenvalue weighted by molar-refractivity contribution is 9.10.